The molecule has 1 heterocycles. The van der Waals surface area contributed by atoms with Gasteiger partial charge in [0, 0.05) is 24.1 Å². The van der Waals surface area contributed by atoms with Crippen LogP contribution in [0.15, 0.2) is 6.07 Å². The van der Waals surface area contributed by atoms with E-state index in [4.69, 9.17) is 11.6 Å². The lowest BCUT2D eigenvalue weighted by Gasteiger charge is -2.21. The van der Waals surface area contributed by atoms with Gasteiger partial charge in [-0.3, -0.25) is 0 Å². The van der Waals surface area contributed by atoms with Crippen molar-refractivity contribution in [2.75, 3.05) is 26.0 Å². The summed E-state index contributed by atoms with van der Waals surface area (Å²) in [6, 6.07) is 2.19. The average molecular weight is 271 g/mol. The molecule has 0 aliphatic rings. The predicted molar refractivity (Wildman–Crippen MR) is 77.4 cm³/mol. The lowest BCUT2D eigenvalue weighted by Crippen LogP contribution is -2.31. The Kier molecular flexibility index (Phi) is 4.93. The second kappa shape index (κ2) is 5.85. The lowest BCUT2D eigenvalue weighted by atomic mass is 9.96. The van der Waals surface area contributed by atoms with E-state index in [-0.39, 0.29) is 5.41 Å². The molecule has 1 unspecified atom stereocenters. The van der Waals surface area contributed by atoms with Crippen molar-refractivity contribution in [3.63, 3.8) is 0 Å². The molecule has 4 nitrogen and oxygen atoms in total. The number of aromatic nitrogens is 2. The largest absolute Gasteiger partial charge is 0.368 e. The fourth-order valence-corrected chi connectivity index (χ4v) is 1.46. The Bertz CT molecular complexity index is 398. The zero-order valence-corrected chi connectivity index (χ0v) is 12.8. The van der Waals surface area contributed by atoms with Crippen LogP contribution in [0.5, 0.6) is 0 Å². The van der Waals surface area contributed by atoms with Gasteiger partial charge in [0.1, 0.15) is 16.8 Å². The summed E-state index contributed by atoms with van der Waals surface area (Å²) in [6.07, 6.45) is 0. The van der Waals surface area contributed by atoms with Gasteiger partial charge >= 0.3 is 0 Å². The van der Waals surface area contributed by atoms with E-state index in [9.17, 15) is 0 Å². The number of nitrogens with zero attached hydrogens (tertiary/aromatic N) is 3. The number of hydrogen-bond donors (Lipinski definition) is 1. The molecule has 0 saturated carbocycles. The van der Waals surface area contributed by atoms with Crippen LogP contribution in [-0.4, -0.2) is 41.5 Å². The molecular formula is C13H23ClN4. The molecule has 102 valence electrons. The van der Waals surface area contributed by atoms with Crippen molar-refractivity contribution in [3.05, 3.63) is 17.0 Å². The molecule has 0 spiro atoms. The molecule has 0 amide bonds. The smallest absolute Gasteiger partial charge is 0.137 e. The summed E-state index contributed by atoms with van der Waals surface area (Å²) in [5.74, 6) is 1.55. The van der Waals surface area contributed by atoms with E-state index in [1.807, 2.05) is 0 Å². The summed E-state index contributed by atoms with van der Waals surface area (Å²) < 4.78 is 0. The van der Waals surface area contributed by atoms with Gasteiger partial charge in [-0.05, 0) is 21.0 Å². The molecule has 0 aromatic carbocycles. The molecule has 1 atom stereocenters. The van der Waals surface area contributed by atoms with Crippen LogP contribution >= 0.6 is 11.6 Å². The van der Waals surface area contributed by atoms with Crippen molar-refractivity contribution in [1.82, 2.24) is 14.9 Å². The number of rotatable bonds is 4. The molecule has 1 N–H and O–H groups in total. The summed E-state index contributed by atoms with van der Waals surface area (Å²) in [4.78, 5) is 10.9. The van der Waals surface area contributed by atoms with E-state index in [2.05, 4.69) is 62.0 Å². The van der Waals surface area contributed by atoms with Crippen molar-refractivity contribution in [1.29, 1.82) is 0 Å². The quantitative estimate of drug-likeness (QED) is 0.855. The zero-order chi connectivity index (χ0) is 13.9. The number of hydrogen-bond acceptors (Lipinski definition) is 4. The third-order valence-electron chi connectivity index (χ3n) is 2.83. The summed E-state index contributed by atoms with van der Waals surface area (Å²) in [5.41, 5.74) is -0.103. The number of nitrogens with one attached hydrogen (secondary N) is 1. The van der Waals surface area contributed by atoms with Gasteiger partial charge in [-0.15, -0.1) is 0 Å². The van der Waals surface area contributed by atoms with Crippen LogP contribution < -0.4 is 5.32 Å². The summed E-state index contributed by atoms with van der Waals surface area (Å²) in [5, 5.41) is 3.78. The lowest BCUT2D eigenvalue weighted by molar-refractivity contribution is 0.326. The molecule has 0 radical (unpaired) electrons. The van der Waals surface area contributed by atoms with Gasteiger partial charge in [-0.2, -0.15) is 0 Å². The molecule has 0 bridgehead atoms. The normalized spacial score (nSPS) is 13.8. The van der Waals surface area contributed by atoms with Gasteiger partial charge in [0.25, 0.3) is 0 Å². The van der Waals surface area contributed by atoms with Crippen molar-refractivity contribution in [2.45, 2.75) is 39.2 Å². The third-order valence-corrected chi connectivity index (χ3v) is 3.02. The second-order valence-corrected chi connectivity index (χ2v) is 6.23. The van der Waals surface area contributed by atoms with Crippen LogP contribution in [0.2, 0.25) is 5.15 Å². The SMILES string of the molecule is CC(CNc1cc(Cl)nc(C(C)(C)C)n1)N(C)C. The monoisotopic (exact) mass is 270 g/mol. The maximum absolute atomic E-state index is 6.03. The highest BCUT2D eigenvalue weighted by atomic mass is 35.5. The maximum Gasteiger partial charge on any atom is 0.137 e. The van der Waals surface area contributed by atoms with Crippen LogP contribution in [0.1, 0.15) is 33.5 Å². The number of halogens is 1. The zero-order valence-electron chi connectivity index (χ0n) is 12.1. The Morgan fingerprint density at radius 3 is 2.44 bits per heavy atom. The number of anilines is 1. The highest BCUT2D eigenvalue weighted by Crippen LogP contribution is 2.22. The molecule has 0 aliphatic carbocycles. The van der Waals surface area contributed by atoms with Crippen molar-refractivity contribution >= 4 is 17.4 Å². The van der Waals surface area contributed by atoms with E-state index in [0.29, 0.717) is 11.2 Å². The highest BCUT2D eigenvalue weighted by Gasteiger charge is 2.19. The third kappa shape index (κ3) is 4.42. The van der Waals surface area contributed by atoms with Crippen LogP contribution in [0.25, 0.3) is 0 Å². The van der Waals surface area contributed by atoms with E-state index in [1.54, 1.807) is 6.07 Å². The summed E-state index contributed by atoms with van der Waals surface area (Å²) in [7, 11) is 4.11. The van der Waals surface area contributed by atoms with Crippen molar-refractivity contribution < 1.29 is 0 Å². The molecular weight excluding hydrogens is 248 g/mol. The Morgan fingerprint density at radius 2 is 1.94 bits per heavy atom. The molecule has 1 rings (SSSR count). The first-order valence-electron chi connectivity index (χ1n) is 6.15. The van der Waals surface area contributed by atoms with Gasteiger partial charge in [-0.25, -0.2) is 9.97 Å². The topological polar surface area (TPSA) is 41.1 Å². The first-order chi connectivity index (χ1) is 8.20. The number of likely N-dealkylation sites (N-methyl/N-ethyl adjacent to an activating group) is 1. The minimum absolute atomic E-state index is 0.103. The van der Waals surface area contributed by atoms with E-state index in [1.165, 1.54) is 0 Å². The molecule has 1 aromatic rings. The molecule has 0 fully saturated rings. The standard InChI is InChI=1S/C13H23ClN4/c1-9(18(5)6)8-15-11-7-10(14)16-12(17-11)13(2,3)4/h7,9H,8H2,1-6H3,(H,15,16,17). The van der Waals surface area contributed by atoms with Gasteiger partial charge in [0.05, 0.1) is 0 Å². The van der Waals surface area contributed by atoms with Crippen LogP contribution in [-0.2, 0) is 5.41 Å². The average Bonchev–Trinajstić information content (AvgIpc) is 2.23. The van der Waals surface area contributed by atoms with Gasteiger partial charge in [0.15, 0.2) is 0 Å². The highest BCUT2D eigenvalue weighted by molar-refractivity contribution is 6.29. The van der Waals surface area contributed by atoms with Crippen molar-refractivity contribution in [2.24, 2.45) is 0 Å². The van der Waals surface area contributed by atoms with Crippen molar-refractivity contribution in [3.8, 4) is 0 Å². The molecule has 0 aliphatic heterocycles. The van der Waals surface area contributed by atoms with Crippen LogP contribution in [0, 0.1) is 0 Å². The fraction of sp³-hybridized carbons (Fsp3) is 0.692. The van der Waals surface area contributed by atoms with Gasteiger partial charge < -0.3 is 10.2 Å². The summed E-state index contributed by atoms with van der Waals surface area (Å²) >= 11 is 6.03. The van der Waals surface area contributed by atoms with E-state index < -0.39 is 0 Å². The fourth-order valence-electron chi connectivity index (χ4n) is 1.28. The first-order valence-corrected chi connectivity index (χ1v) is 6.53. The predicted octanol–water partition coefficient (Wildman–Crippen LogP) is 2.79. The molecule has 0 saturated heterocycles. The van der Waals surface area contributed by atoms with E-state index in [0.717, 1.165) is 18.2 Å². The second-order valence-electron chi connectivity index (χ2n) is 5.84. The Hall–Kier alpha value is -0.870. The Labute approximate surface area is 115 Å². The van der Waals surface area contributed by atoms with E-state index >= 15 is 0 Å². The molecule has 1 aromatic heterocycles. The minimum atomic E-state index is -0.103. The Morgan fingerprint density at radius 1 is 1.33 bits per heavy atom. The minimum Gasteiger partial charge on any atom is -0.368 e. The van der Waals surface area contributed by atoms with Crippen LogP contribution in [0.3, 0.4) is 0 Å². The molecule has 5 heteroatoms. The molecule has 18 heavy (non-hydrogen) atoms. The summed E-state index contributed by atoms with van der Waals surface area (Å²) in [6.45, 7) is 9.20. The van der Waals surface area contributed by atoms with Gasteiger partial charge in [-0.1, -0.05) is 32.4 Å². The van der Waals surface area contributed by atoms with Gasteiger partial charge in [0.2, 0.25) is 0 Å². The first kappa shape index (κ1) is 15.2. The Balaban J connectivity index is 2.81. The van der Waals surface area contributed by atoms with Crippen LogP contribution in [0.4, 0.5) is 5.82 Å². The maximum atomic E-state index is 6.03.